The molecule has 3 aromatic rings. The lowest BCUT2D eigenvalue weighted by molar-refractivity contribution is -0.126. The molecule has 4 fully saturated rings. The molecule has 2 aliphatic carbocycles. The Morgan fingerprint density at radius 2 is 1.78 bits per heavy atom. The molecule has 4 atom stereocenters. The van der Waals surface area contributed by atoms with Crippen molar-refractivity contribution in [3.8, 4) is 11.3 Å². The minimum Gasteiger partial charge on any atom is -0.375 e. The van der Waals surface area contributed by atoms with Crippen LogP contribution >= 0.6 is 23.2 Å². The fraction of sp³-hybridized carbons (Fsp3) is 0.500. The average Bonchev–Trinajstić information content (AvgIpc) is 3.51. The van der Waals surface area contributed by atoms with E-state index in [1.807, 2.05) is 13.8 Å². The molecule has 244 valence electrons. The van der Waals surface area contributed by atoms with Crippen molar-refractivity contribution in [1.29, 1.82) is 0 Å². The number of hydrogen-bond acceptors (Lipinski definition) is 8. The molecule has 2 aliphatic heterocycles. The Morgan fingerprint density at radius 1 is 1.07 bits per heavy atom. The number of anilines is 1. The van der Waals surface area contributed by atoms with Gasteiger partial charge in [0.25, 0.3) is 0 Å². The molecule has 2 aromatic carbocycles. The van der Waals surface area contributed by atoms with Crippen LogP contribution in [0.5, 0.6) is 0 Å². The minimum absolute atomic E-state index is 0.0212. The number of aromatic nitrogens is 1. The second-order valence-corrected chi connectivity index (χ2v) is 16.6. The third kappa shape index (κ3) is 6.03. The summed E-state index contributed by atoms with van der Waals surface area (Å²) in [6.45, 7) is 4.33. The monoisotopic (exact) mass is 686 g/mol. The number of fused-ring (bicyclic) bond motifs is 2. The zero-order valence-corrected chi connectivity index (χ0v) is 28.0. The van der Waals surface area contributed by atoms with Gasteiger partial charge in [0.15, 0.2) is 15.6 Å². The molecule has 1 unspecified atom stereocenters. The SMILES string of the molecule is CC1(C)CC(S(=O)(=O)CC(=O)c2ccc(N3C(=O)[C@@H]4C[C@H]3C[C@H]4OCc3c(-c4c(Cl)cccc4Cl)noc3C3CC3)cc2)CCO1. The molecule has 3 heterocycles. The third-order valence-electron chi connectivity index (χ3n) is 9.77. The van der Waals surface area contributed by atoms with Gasteiger partial charge in [-0.15, -0.1) is 0 Å². The molecule has 2 saturated carbocycles. The number of carbonyl (C=O) groups is 2. The zero-order chi connectivity index (χ0) is 32.4. The predicted molar refractivity (Wildman–Crippen MR) is 174 cm³/mol. The van der Waals surface area contributed by atoms with Crippen molar-refractivity contribution in [3.63, 3.8) is 0 Å². The van der Waals surface area contributed by atoms with E-state index in [4.69, 9.17) is 37.2 Å². The van der Waals surface area contributed by atoms with Gasteiger partial charge in [-0.1, -0.05) is 34.4 Å². The van der Waals surface area contributed by atoms with Gasteiger partial charge in [-0.05, 0) is 88.8 Å². The van der Waals surface area contributed by atoms with Crippen molar-refractivity contribution in [3.05, 3.63) is 69.4 Å². The first-order valence-corrected chi connectivity index (χ1v) is 18.3. The lowest BCUT2D eigenvalue weighted by Crippen LogP contribution is -2.43. The molecular weight excluding hydrogens is 651 g/mol. The summed E-state index contributed by atoms with van der Waals surface area (Å²) in [5.41, 5.74) is 2.48. The lowest BCUT2D eigenvalue weighted by atomic mass is 9.98. The van der Waals surface area contributed by atoms with Gasteiger partial charge in [0.05, 0.1) is 39.5 Å². The van der Waals surface area contributed by atoms with Crippen LogP contribution < -0.4 is 4.90 Å². The van der Waals surface area contributed by atoms with Crippen LogP contribution in [0.1, 0.15) is 80.0 Å². The van der Waals surface area contributed by atoms with E-state index in [0.29, 0.717) is 70.8 Å². The molecule has 2 saturated heterocycles. The number of amides is 1. The summed E-state index contributed by atoms with van der Waals surface area (Å²) in [6, 6.07) is 11.9. The molecule has 0 N–H and O–H groups in total. The van der Waals surface area contributed by atoms with Gasteiger partial charge in [-0.25, -0.2) is 8.42 Å². The van der Waals surface area contributed by atoms with E-state index in [1.54, 1.807) is 47.4 Å². The number of rotatable bonds is 10. The molecule has 1 amide bonds. The van der Waals surface area contributed by atoms with Crippen LogP contribution in [0, 0.1) is 5.92 Å². The average molecular weight is 688 g/mol. The summed E-state index contributed by atoms with van der Waals surface area (Å²) in [5, 5.41) is 4.70. The number of halogens is 2. The molecule has 7 rings (SSSR count). The van der Waals surface area contributed by atoms with Crippen molar-refractivity contribution in [2.45, 2.75) is 87.9 Å². The van der Waals surface area contributed by atoms with Gasteiger partial charge in [0.2, 0.25) is 5.91 Å². The van der Waals surface area contributed by atoms with Crippen LogP contribution in [0.2, 0.25) is 10.0 Å². The first-order valence-electron chi connectivity index (χ1n) is 15.8. The van der Waals surface area contributed by atoms with Crippen molar-refractivity contribution >= 4 is 50.4 Å². The minimum atomic E-state index is -3.63. The van der Waals surface area contributed by atoms with Gasteiger partial charge in [0.1, 0.15) is 17.2 Å². The maximum atomic E-state index is 13.6. The van der Waals surface area contributed by atoms with Gasteiger partial charge in [-0.3, -0.25) is 9.59 Å². The van der Waals surface area contributed by atoms with Crippen LogP contribution in [-0.2, 0) is 30.7 Å². The number of Topliss-reactive ketones (excluding diaryl/α,β-unsaturated/α-hetero) is 1. The van der Waals surface area contributed by atoms with E-state index in [2.05, 4.69) is 5.16 Å². The summed E-state index contributed by atoms with van der Waals surface area (Å²) >= 11 is 13.0. The number of ketones is 1. The van der Waals surface area contributed by atoms with E-state index < -0.39 is 32.2 Å². The summed E-state index contributed by atoms with van der Waals surface area (Å²) in [7, 11) is -3.63. The van der Waals surface area contributed by atoms with Crippen LogP contribution in [0.4, 0.5) is 5.69 Å². The first kappa shape index (κ1) is 31.8. The van der Waals surface area contributed by atoms with Crippen LogP contribution in [0.3, 0.4) is 0 Å². The fourth-order valence-corrected chi connectivity index (χ4v) is 9.69. The molecular formula is C34H36Cl2N2O7S. The number of ether oxygens (including phenoxy) is 2. The molecule has 0 spiro atoms. The van der Waals surface area contributed by atoms with Gasteiger partial charge >= 0.3 is 0 Å². The summed E-state index contributed by atoms with van der Waals surface area (Å²) in [5.74, 6) is -0.221. The predicted octanol–water partition coefficient (Wildman–Crippen LogP) is 6.79. The van der Waals surface area contributed by atoms with Gasteiger partial charge < -0.3 is 18.9 Å². The Hall–Kier alpha value is -2.76. The number of nitrogens with zero attached hydrogens (tertiary/aromatic N) is 2. The molecule has 9 nitrogen and oxygen atoms in total. The van der Waals surface area contributed by atoms with E-state index in [-0.39, 0.29) is 30.6 Å². The quantitative estimate of drug-likeness (QED) is 0.214. The topological polar surface area (TPSA) is 116 Å². The van der Waals surface area contributed by atoms with E-state index >= 15 is 0 Å². The lowest BCUT2D eigenvalue weighted by Gasteiger charge is -2.35. The summed E-state index contributed by atoms with van der Waals surface area (Å²) in [6.07, 6.45) is 3.88. The fourth-order valence-electron chi connectivity index (χ4n) is 7.24. The van der Waals surface area contributed by atoms with Crippen LogP contribution in [-0.4, -0.2) is 60.6 Å². The van der Waals surface area contributed by atoms with Crippen molar-refractivity contribution in [2.75, 3.05) is 17.3 Å². The number of carbonyl (C=O) groups excluding carboxylic acids is 2. The zero-order valence-electron chi connectivity index (χ0n) is 25.7. The highest BCUT2D eigenvalue weighted by atomic mass is 35.5. The smallest absolute Gasteiger partial charge is 0.233 e. The maximum Gasteiger partial charge on any atom is 0.233 e. The van der Waals surface area contributed by atoms with Crippen molar-refractivity contribution in [2.24, 2.45) is 5.92 Å². The molecule has 1 aromatic heterocycles. The Labute approximate surface area is 278 Å². The van der Waals surface area contributed by atoms with E-state index in [1.165, 1.54) is 0 Å². The highest BCUT2D eigenvalue weighted by Crippen LogP contribution is 2.48. The van der Waals surface area contributed by atoms with E-state index in [0.717, 1.165) is 24.2 Å². The third-order valence-corrected chi connectivity index (χ3v) is 12.5. The molecule has 0 radical (unpaired) electrons. The standard InChI is InChI=1S/C34H36Cl2N2O7S/c1-34(2)16-23(12-13-44-34)46(41,42)18-28(39)19-8-10-21(11-9-19)38-22-14-24(33(38)40)29(15-22)43-17-25-31(37-45-32(25)20-6-7-20)30-26(35)4-3-5-27(30)36/h3-5,8-11,20,22-24,29H,6-7,12-18H2,1-2H3/t22-,23?,24+,29+/m0/s1. The molecule has 2 bridgehead atoms. The highest BCUT2D eigenvalue weighted by molar-refractivity contribution is 7.92. The Kier molecular flexibility index (Phi) is 8.33. The number of hydrogen-bond donors (Lipinski definition) is 0. The van der Waals surface area contributed by atoms with Gasteiger partial charge in [-0.2, -0.15) is 0 Å². The summed E-state index contributed by atoms with van der Waals surface area (Å²) < 4.78 is 43.9. The molecule has 12 heteroatoms. The second kappa shape index (κ2) is 12.0. The Balaban J connectivity index is 1.00. The Bertz CT molecular complexity index is 1760. The summed E-state index contributed by atoms with van der Waals surface area (Å²) in [4.78, 5) is 28.3. The molecule has 46 heavy (non-hydrogen) atoms. The number of benzene rings is 2. The van der Waals surface area contributed by atoms with Crippen molar-refractivity contribution < 1.29 is 32.0 Å². The Morgan fingerprint density at radius 3 is 2.43 bits per heavy atom. The van der Waals surface area contributed by atoms with Gasteiger partial charge in [0, 0.05) is 40.9 Å². The van der Waals surface area contributed by atoms with Crippen molar-refractivity contribution in [1.82, 2.24) is 5.16 Å². The number of piperidine rings is 1. The number of sulfone groups is 1. The van der Waals surface area contributed by atoms with Crippen LogP contribution in [0.25, 0.3) is 11.3 Å². The van der Waals surface area contributed by atoms with E-state index in [9.17, 15) is 18.0 Å². The first-order chi connectivity index (χ1) is 21.9. The maximum absolute atomic E-state index is 13.6. The van der Waals surface area contributed by atoms with Crippen LogP contribution in [0.15, 0.2) is 47.0 Å². The largest absolute Gasteiger partial charge is 0.375 e. The highest BCUT2D eigenvalue weighted by Gasteiger charge is 2.52. The second-order valence-electron chi connectivity index (χ2n) is 13.5. The normalized spacial score (nSPS) is 25.7. The molecule has 4 aliphatic rings.